The van der Waals surface area contributed by atoms with Gasteiger partial charge in [-0.2, -0.15) is 0 Å². The van der Waals surface area contributed by atoms with E-state index < -0.39 is 29.1 Å². The molecule has 114 valence electrons. The maximum absolute atomic E-state index is 13.5. The van der Waals surface area contributed by atoms with Crippen molar-refractivity contribution in [2.24, 2.45) is 5.41 Å². The van der Waals surface area contributed by atoms with Crippen LogP contribution in [0.1, 0.15) is 37.0 Å². The number of aliphatic carboxylic acids is 1. The lowest BCUT2D eigenvalue weighted by molar-refractivity contribution is -0.139. The SMILES string of the molecule is CC(C)(CC(=O)O)CC(=O)Nc1cc(C(=O)O)ccc1F. The Labute approximate surface area is 120 Å². The molecule has 1 amide bonds. The highest BCUT2D eigenvalue weighted by molar-refractivity contribution is 5.94. The van der Waals surface area contributed by atoms with Gasteiger partial charge in [-0.05, 0) is 23.6 Å². The normalized spacial score (nSPS) is 11.0. The molecule has 1 rings (SSSR count). The number of amides is 1. The van der Waals surface area contributed by atoms with Crippen molar-refractivity contribution in [2.75, 3.05) is 5.32 Å². The summed E-state index contributed by atoms with van der Waals surface area (Å²) in [5.41, 5.74) is -1.20. The summed E-state index contributed by atoms with van der Waals surface area (Å²) in [6, 6.07) is 3.04. The van der Waals surface area contributed by atoms with Crippen LogP contribution in [-0.4, -0.2) is 28.1 Å². The van der Waals surface area contributed by atoms with E-state index in [1.54, 1.807) is 13.8 Å². The first-order valence-electron chi connectivity index (χ1n) is 6.15. The van der Waals surface area contributed by atoms with Gasteiger partial charge in [-0.15, -0.1) is 0 Å². The number of nitrogens with one attached hydrogen (secondary N) is 1. The molecule has 0 aliphatic carbocycles. The van der Waals surface area contributed by atoms with E-state index in [0.717, 1.165) is 18.2 Å². The lowest BCUT2D eigenvalue weighted by Gasteiger charge is -2.21. The van der Waals surface area contributed by atoms with Crippen LogP contribution in [0.3, 0.4) is 0 Å². The van der Waals surface area contributed by atoms with Crippen LogP contribution in [0.25, 0.3) is 0 Å². The Hall–Kier alpha value is -2.44. The summed E-state index contributed by atoms with van der Waals surface area (Å²) < 4.78 is 13.5. The molecule has 7 heteroatoms. The van der Waals surface area contributed by atoms with Crippen molar-refractivity contribution in [3.63, 3.8) is 0 Å². The van der Waals surface area contributed by atoms with Gasteiger partial charge < -0.3 is 15.5 Å². The second-order valence-electron chi connectivity index (χ2n) is 5.46. The number of carbonyl (C=O) groups excluding carboxylic acids is 1. The van der Waals surface area contributed by atoms with Crippen molar-refractivity contribution in [1.29, 1.82) is 0 Å². The topological polar surface area (TPSA) is 104 Å². The summed E-state index contributed by atoms with van der Waals surface area (Å²) in [4.78, 5) is 33.3. The van der Waals surface area contributed by atoms with Gasteiger partial charge in [-0.1, -0.05) is 13.8 Å². The molecule has 1 aromatic carbocycles. The minimum atomic E-state index is -1.24. The zero-order valence-electron chi connectivity index (χ0n) is 11.6. The molecule has 21 heavy (non-hydrogen) atoms. The molecule has 0 heterocycles. The summed E-state index contributed by atoms with van der Waals surface area (Å²) in [5, 5.41) is 19.8. The predicted octanol–water partition coefficient (Wildman–Crippen LogP) is 2.35. The Bertz CT molecular complexity index is 583. The Morgan fingerprint density at radius 2 is 1.81 bits per heavy atom. The largest absolute Gasteiger partial charge is 0.481 e. The van der Waals surface area contributed by atoms with Crippen molar-refractivity contribution in [3.8, 4) is 0 Å². The Balaban J connectivity index is 2.81. The number of hydrogen-bond donors (Lipinski definition) is 3. The van der Waals surface area contributed by atoms with Gasteiger partial charge in [0.05, 0.1) is 17.7 Å². The average molecular weight is 297 g/mol. The molecular weight excluding hydrogens is 281 g/mol. The fraction of sp³-hybridized carbons (Fsp3) is 0.357. The third kappa shape index (κ3) is 5.21. The van der Waals surface area contributed by atoms with Crippen LogP contribution in [-0.2, 0) is 9.59 Å². The van der Waals surface area contributed by atoms with E-state index in [2.05, 4.69) is 5.32 Å². The van der Waals surface area contributed by atoms with Crippen LogP contribution in [0.2, 0.25) is 0 Å². The first-order chi connectivity index (χ1) is 9.60. The van der Waals surface area contributed by atoms with E-state index in [0.29, 0.717) is 0 Å². The molecule has 0 bridgehead atoms. The molecule has 0 aliphatic rings. The second-order valence-corrected chi connectivity index (χ2v) is 5.46. The summed E-state index contributed by atoms with van der Waals surface area (Å²) in [6.45, 7) is 3.20. The number of rotatable bonds is 6. The van der Waals surface area contributed by atoms with Crippen LogP contribution >= 0.6 is 0 Å². The number of benzene rings is 1. The van der Waals surface area contributed by atoms with Crippen LogP contribution < -0.4 is 5.32 Å². The van der Waals surface area contributed by atoms with Crippen LogP contribution in [0.5, 0.6) is 0 Å². The van der Waals surface area contributed by atoms with E-state index in [1.807, 2.05) is 0 Å². The predicted molar refractivity (Wildman–Crippen MR) is 72.6 cm³/mol. The Kier molecular flexibility index (Phi) is 5.02. The average Bonchev–Trinajstić information content (AvgIpc) is 2.28. The maximum atomic E-state index is 13.5. The highest BCUT2D eigenvalue weighted by Gasteiger charge is 2.25. The van der Waals surface area contributed by atoms with Crippen molar-refractivity contribution in [1.82, 2.24) is 0 Å². The summed E-state index contributed by atoms with van der Waals surface area (Å²) in [5.74, 6) is -3.62. The van der Waals surface area contributed by atoms with E-state index in [4.69, 9.17) is 10.2 Å². The second kappa shape index (κ2) is 6.34. The van der Waals surface area contributed by atoms with Gasteiger partial charge in [-0.3, -0.25) is 9.59 Å². The Morgan fingerprint density at radius 1 is 1.19 bits per heavy atom. The Morgan fingerprint density at radius 3 is 2.33 bits per heavy atom. The number of aromatic carboxylic acids is 1. The molecule has 0 fully saturated rings. The molecule has 1 aromatic rings. The number of carbonyl (C=O) groups is 3. The van der Waals surface area contributed by atoms with E-state index in [-0.39, 0.29) is 24.1 Å². The quantitative estimate of drug-likeness (QED) is 0.747. The summed E-state index contributed by atoms with van der Waals surface area (Å²) in [6.07, 6.45) is -0.339. The standard InChI is InChI=1S/C14H16FNO5/c1-14(2,7-12(18)19)6-11(17)16-10-5-8(13(20)21)3-4-9(10)15/h3-5H,6-7H2,1-2H3,(H,16,17)(H,18,19)(H,20,21). The fourth-order valence-electron chi connectivity index (χ4n) is 1.86. The van der Waals surface area contributed by atoms with Gasteiger partial charge in [0.2, 0.25) is 5.91 Å². The molecule has 0 unspecified atom stereocenters. The molecule has 0 radical (unpaired) electrons. The molecular formula is C14H16FNO5. The number of halogens is 1. The molecule has 0 aliphatic heterocycles. The zero-order valence-corrected chi connectivity index (χ0v) is 11.6. The van der Waals surface area contributed by atoms with E-state index in [9.17, 15) is 18.8 Å². The van der Waals surface area contributed by atoms with Gasteiger partial charge in [0, 0.05) is 6.42 Å². The highest BCUT2D eigenvalue weighted by atomic mass is 19.1. The lowest BCUT2D eigenvalue weighted by atomic mass is 9.85. The number of carboxylic acid groups (broad SMARTS) is 2. The molecule has 0 atom stereocenters. The minimum Gasteiger partial charge on any atom is -0.481 e. The van der Waals surface area contributed by atoms with Gasteiger partial charge in [0.25, 0.3) is 0 Å². The van der Waals surface area contributed by atoms with Crippen LogP contribution in [0, 0.1) is 11.2 Å². The number of anilines is 1. The summed E-state index contributed by atoms with van der Waals surface area (Å²) in [7, 11) is 0. The van der Waals surface area contributed by atoms with Crippen molar-refractivity contribution >= 4 is 23.5 Å². The van der Waals surface area contributed by atoms with Crippen LogP contribution in [0.4, 0.5) is 10.1 Å². The van der Waals surface area contributed by atoms with Gasteiger partial charge >= 0.3 is 11.9 Å². The smallest absolute Gasteiger partial charge is 0.335 e. The fourth-order valence-corrected chi connectivity index (χ4v) is 1.86. The van der Waals surface area contributed by atoms with Crippen molar-refractivity contribution in [3.05, 3.63) is 29.6 Å². The highest BCUT2D eigenvalue weighted by Crippen LogP contribution is 2.26. The molecule has 0 saturated heterocycles. The van der Waals surface area contributed by atoms with Gasteiger partial charge in [0.1, 0.15) is 5.82 Å². The molecule has 6 nitrogen and oxygen atoms in total. The minimum absolute atomic E-state index is 0.129. The van der Waals surface area contributed by atoms with E-state index >= 15 is 0 Å². The summed E-state index contributed by atoms with van der Waals surface area (Å²) >= 11 is 0. The first-order valence-corrected chi connectivity index (χ1v) is 6.15. The number of carboxylic acids is 2. The van der Waals surface area contributed by atoms with Gasteiger partial charge in [-0.25, -0.2) is 9.18 Å². The first kappa shape index (κ1) is 16.6. The molecule has 3 N–H and O–H groups in total. The van der Waals surface area contributed by atoms with Gasteiger partial charge in [0.15, 0.2) is 0 Å². The third-order valence-electron chi connectivity index (χ3n) is 2.76. The molecule has 0 spiro atoms. The molecule has 0 saturated carbocycles. The van der Waals surface area contributed by atoms with Crippen LogP contribution in [0.15, 0.2) is 18.2 Å². The van der Waals surface area contributed by atoms with Crippen molar-refractivity contribution in [2.45, 2.75) is 26.7 Å². The number of hydrogen-bond acceptors (Lipinski definition) is 3. The van der Waals surface area contributed by atoms with E-state index in [1.165, 1.54) is 0 Å². The zero-order chi connectivity index (χ0) is 16.2. The monoisotopic (exact) mass is 297 g/mol. The lowest BCUT2D eigenvalue weighted by Crippen LogP contribution is -2.25. The third-order valence-corrected chi connectivity index (χ3v) is 2.76. The maximum Gasteiger partial charge on any atom is 0.335 e. The molecule has 0 aromatic heterocycles. The van der Waals surface area contributed by atoms with Crippen molar-refractivity contribution < 1.29 is 29.0 Å².